The van der Waals surface area contributed by atoms with Crippen LogP contribution in [0.15, 0.2) is 29.2 Å². The Balaban J connectivity index is 1.71. The van der Waals surface area contributed by atoms with Crippen molar-refractivity contribution in [2.75, 3.05) is 32.4 Å². The molecule has 2 aliphatic rings. The summed E-state index contributed by atoms with van der Waals surface area (Å²) >= 11 is 1.71. The van der Waals surface area contributed by atoms with E-state index in [1.807, 2.05) is 24.3 Å². The molecule has 1 unspecified atom stereocenters. The van der Waals surface area contributed by atoms with Gasteiger partial charge in [-0.2, -0.15) is 0 Å². The van der Waals surface area contributed by atoms with Crippen LogP contribution in [0.5, 0.6) is 0 Å². The number of rotatable bonds is 2. The Hall–Kier alpha value is -1.00. The number of amides is 1. The first-order chi connectivity index (χ1) is 10.2. The van der Waals surface area contributed by atoms with Crippen molar-refractivity contribution in [1.82, 2.24) is 10.2 Å². The molecule has 0 aromatic heterocycles. The fraction of sp³-hybridized carbons (Fsp3) is 0.588. The average molecular weight is 304 g/mol. The maximum atomic E-state index is 12.7. The largest absolute Gasteiger partial charge is 0.338 e. The number of carbonyl (C=O) groups is 1. The van der Waals surface area contributed by atoms with Gasteiger partial charge < -0.3 is 10.2 Å². The third-order valence-electron chi connectivity index (χ3n) is 4.85. The van der Waals surface area contributed by atoms with Crippen molar-refractivity contribution < 1.29 is 4.79 Å². The minimum absolute atomic E-state index is 0.201. The number of thioether (sulfide) groups is 1. The smallest absolute Gasteiger partial charge is 0.253 e. The van der Waals surface area contributed by atoms with E-state index in [1.165, 1.54) is 24.2 Å². The van der Waals surface area contributed by atoms with E-state index in [0.717, 1.165) is 38.2 Å². The zero-order valence-corrected chi connectivity index (χ0v) is 13.5. The zero-order chi connectivity index (χ0) is 14.7. The van der Waals surface area contributed by atoms with Crippen molar-refractivity contribution in [3.05, 3.63) is 29.8 Å². The second kappa shape index (κ2) is 6.41. The summed E-state index contributed by atoms with van der Waals surface area (Å²) in [5.74, 6) is 0.201. The Kier molecular flexibility index (Phi) is 4.55. The van der Waals surface area contributed by atoms with Gasteiger partial charge in [0.25, 0.3) is 5.91 Å². The van der Waals surface area contributed by atoms with Gasteiger partial charge in [0.15, 0.2) is 0 Å². The summed E-state index contributed by atoms with van der Waals surface area (Å²) in [6.07, 6.45) is 6.95. The highest BCUT2D eigenvalue weighted by Crippen LogP contribution is 2.36. The normalized spacial score (nSPS) is 26.0. The molecule has 0 radical (unpaired) electrons. The number of hydrogen-bond donors (Lipinski definition) is 1. The molecule has 1 aromatic carbocycles. The summed E-state index contributed by atoms with van der Waals surface area (Å²) in [4.78, 5) is 16.0. The zero-order valence-electron chi connectivity index (χ0n) is 12.7. The van der Waals surface area contributed by atoms with Crippen LogP contribution in [-0.4, -0.2) is 43.2 Å². The van der Waals surface area contributed by atoms with Crippen LogP contribution in [-0.2, 0) is 0 Å². The molecule has 0 aliphatic carbocycles. The van der Waals surface area contributed by atoms with Crippen LogP contribution in [0.2, 0.25) is 0 Å². The number of nitrogens with one attached hydrogen (secondary N) is 1. The molecular weight excluding hydrogens is 280 g/mol. The fourth-order valence-electron chi connectivity index (χ4n) is 3.68. The lowest BCUT2D eigenvalue weighted by Gasteiger charge is -2.45. The lowest BCUT2D eigenvalue weighted by Crippen LogP contribution is -2.52. The second-order valence-electron chi connectivity index (χ2n) is 6.34. The predicted molar refractivity (Wildman–Crippen MR) is 87.9 cm³/mol. The number of nitrogens with zero attached hydrogens (tertiary/aromatic N) is 1. The highest BCUT2D eigenvalue weighted by atomic mass is 32.2. The van der Waals surface area contributed by atoms with Crippen molar-refractivity contribution in [3.8, 4) is 0 Å². The van der Waals surface area contributed by atoms with Gasteiger partial charge in [-0.25, -0.2) is 0 Å². The molecule has 1 atom stereocenters. The van der Waals surface area contributed by atoms with Gasteiger partial charge in [-0.05, 0) is 62.7 Å². The average Bonchev–Trinajstić information content (AvgIpc) is 2.55. The number of benzene rings is 1. The Morgan fingerprint density at radius 2 is 2.00 bits per heavy atom. The monoisotopic (exact) mass is 304 g/mol. The van der Waals surface area contributed by atoms with Crippen molar-refractivity contribution in [2.24, 2.45) is 5.41 Å². The molecule has 1 aromatic rings. The fourth-order valence-corrected chi connectivity index (χ4v) is 4.08. The summed E-state index contributed by atoms with van der Waals surface area (Å²) in [5.41, 5.74) is 1.15. The lowest BCUT2D eigenvalue weighted by molar-refractivity contribution is 0.0434. The summed E-state index contributed by atoms with van der Waals surface area (Å²) < 4.78 is 0. The molecule has 21 heavy (non-hydrogen) atoms. The maximum Gasteiger partial charge on any atom is 0.253 e. The van der Waals surface area contributed by atoms with E-state index in [0.29, 0.717) is 5.41 Å². The highest BCUT2D eigenvalue weighted by molar-refractivity contribution is 7.98. The van der Waals surface area contributed by atoms with Crippen LogP contribution in [0.3, 0.4) is 0 Å². The van der Waals surface area contributed by atoms with Gasteiger partial charge in [-0.1, -0.05) is 0 Å². The second-order valence-corrected chi connectivity index (χ2v) is 7.22. The molecule has 2 aliphatic heterocycles. The molecule has 4 heteroatoms. The molecule has 0 saturated carbocycles. The first-order valence-electron chi connectivity index (χ1n) is 7.87. The van der Waals surface area contributed by atoms with Crippen LogP contribution < -0.4 is 5.32 Å². The van der Waals surface area contributed by atoms with Crippen molar-refractivity contribution >= 4 is 17.7 Å². The van der Waals surface area contributed by atoms with Crippen LogP contribution in [0.4, 0.5) is 0 Å². The van der Waals surface area contributed by atoms with E-state index < -0.39 is 0 Å². The summed E-state index contributed by atoms with van der Waals surface area (Å²) in [5, 5.41) is 3.52. The Morgan fingerprint density at radius 1 is 1.24 bits per heavy atom. The van der Waals surface area contributed by atoms with E-state index in [4.69, 9.17) is 0 Å². The van der Waals surface area contributed by atoms with Gasteiger partial charge in [-0.3, -0.25) is 4.79 Å². The lowest BCUT2D eigenvalue weighted by atomic mass is 9.74. The van der Waals surface area contributed by atoms with Gasteiger partial charge in [-0.15, -0.1) is 11.8 Å². The van der Waals surface area contributed by atoms with E-state index >= 15 is 0 Å². The van der Waals surface area contributed by atoms with E-state index in [2.05, 4.69) is 16.5 Å². The Labute approximate surface area is 131 Å². The number of hydrogen-bond acceptors (Lipinski definition) is 3. The summed E-state index contributed by atoms with van der Waals surface area (Å²) in [6, 6.07) is 8.02. The number of likely N-dealkylation sites (tertiary alicyclic amines) is 1. The standard InChI is InChI=1S/C17H24N2OS/c1-21-15-6-4-14(5-7-15)16(20)19-11-3-9-17(13-19)8-2-10-18-12-17/h4-7,18H,2-3,8-13H2,1H3. The van der Waals surface area contributed by atoms with Crippen molar-refractivity contribution in [2.45, 2.75) is 30.6 Å². The molecule has 3 rings (SSSR count). The minimum atomic E-state index is 0.201. The third kappa shape index (κ3) is 3.27. The molecule has 2 saturated heterocycles. The Morgan fingerprint density at radius 3 is 2.67 bits per heavy atom. The molecule has 0 bridgehead atoms. The van der Waals surface area contributed by atoms with Gasteiger partial charge in [0, 0.05) is 35.5 Å². The van der Waals surface area contributed by atoms with Crippen molar-refractivity contribution in [1.29, 1.82) is 0 Å². The van der Waals surface area contributed by atoms with E-state index in [-0.39, 0.29) is 5.91 Å². The topological polar surface area (TPSA) is 32.3 Å². The molecular formula is C17H24N2OS. The van der Waals surface area contributed by atoms with E-state index in [1.54, 1.807) is 11.8 Å². The first kappa shape index (κ1) is 14.9. The maximum absolute atomic E-state index is 12.7. The minimum Gasteiger partial charge on any atom is -0.338 e. The number of piperidine rings is 2. The third-order valence-corrected chi connectivity index (χ3v) is 5.59. The summed E-state index contributed by atoms with van der Waals surface area (Å²) in [6.45, 7) is 4.03. The van der Waals surface area contributed by atoms with Gasteiger partial charge in [0.2, 0.25) is 0 Å². The van der Waals surface area contributed by atoms with Gasteiger partial charge in [0.1, 0.15) is 0 Å². The molecule has 2 heterocycles. The Bertz CT molecular complexity index is 489. The summed E-state index contributed by atoms with van der Waals surface area (Å²) in [7, 11) is 0. The predicted octanol–water partition coefficient (Wildman–Crippen LogP) is 3.01. The quantitative estimate of drug-likeness (QED) is 0.853. The molecule has 2 fully saturated rings. The number of carbonyl (C=O) groups excluding carboxylic acids is 1. The SMILES string of the molecule is CSc1ccc(C(=O)N2CCCC3(CCCNC3)C2)cc1. The van der Waals surface area contributed by atoms with Gasteiger partial charge >= 0.3 is 0 Å². The molecule has 114 valence electrons. The van der Waals surface area contributed by atoms with Crippen LogP contribution in [0, 0.1) is 5.41 Å². The van der Waals surface area contributed by atoms with E-state index in [9.17, 15) is 4.79 Å². The highest BCUT2D eigenvalue weighted by Gasteiger charge is 2.38. The van der Waals surface area contributed by atoms with Gasteiger partial charge in [0.05, 0.1) is 0 Å². The van der Waals surface area contributed by atoms with Crippen molar-refractivity contribution in [3.63, 3.8) is 0 Å². The van der Waals surface area contributed by atoms with Crippen LogP contribution in [0.25, 0.3) is 0 Å². The molecule has 1 amide bonds. The van der Waals surface area contributed by atoms with Crippen LogP contribution >= 0.6 is 11.8 Å². The first-order valence-corrected chi connectivity index (χ1v) is 9.09. The molecule has 3 nitrogen and oxygen atoms in total. The molecule has 1 spiro atoms. The van der Waals surface area contributed by atoms with Crippen LogP contribution in [0.1, 0.15) is 36.0 Å². The molecule has 1 N–H and O–H groups in total.